The number of ether oxygens (including phenoxy) is 4. The van der Waals surface area contributed by atoms with Crippen molar-refractivity contribution in [2.45, 2.75) is 318 Å². The lowest BCUT2D eigenvalue weighted by atomic mass is 9.98. The van der Waals surface area contributed by atoms with Gasteiger partial charge >= 0.3 is 0 Å². The molecule has 11 N–H and O–H groups in total. The van der Waals surface area contributed by atoms with Crippen molar-refractivity contribution in [1.29, 1.82) is 0 Å². The van der Waals surface area contributed by atoms with Crippen LogP contribution in [0.2, 0.25) is 0 Å². The van der Waals surface area contributed by atoms with Crippen LogP contribution in [0.4, 0.5) is 0 Å². The van der Waals surface area contributed by atoms with Crippen molar-refractivity contribution in [2.75, 3.05) is 19.8 Å². The van der Waals surface area contributed by atoms with Crippen LogP contribution in [0.25, 0.3) is 0 Å². The summed E-state index contributed by atoms with van der Waals surface area (Å²) in [6, 6.07) is -1.28. The number of carbonyl (C=O) groups is 1. The second-order valence-corrected chi connectivity index (χ2v) is 20.7. The van der Waals surface area contributed by atoms with Crippen molar-refractivity contribution in [3.63, 3.8) is 0 Å². The Labute approximate surface area is 422 Å². The van der Waals surface area contributed by atoms with E-state index in [1.54, 1.807) is 0 Å². The molecule has 416 valence electrons. The molecule has 70 heavy (non-hydrogen) atoms. The van der Waals surface area contributed by atoms with Gasteiger partial charge in [-0.2, -0.15) is 0 Å². The zero-order valence-electron chi connectivity index (χ0n) is 43.8. The van der Waals surface area contributed by atoms with Gasteiger partial charge in [-0.15, -0.1) is 0 Å². The zero-order valence-corrected chi connectivity index (χ0v) is 43.8. The summed E-state index contributed by atoms with van der Waals surface area (Å²) in [7, 11) is 0. The van der Waals surface area contributed by atoms with Crippen LogP contribution < -0.4 is 5.32 Å². The molecule has 2 heterocycles. The van der Waals surface area contributed by atoms with Crippen LogP contribution in [0.1, 0.15) is 232 Å². The first kappa shape index (κ1) is 65.0. The Morgan fingerprint density at radius 2 is 0.929 bits per heavy atom. The molecule has 0 aromatic rings. The topological polar surface area (TPSA) is 268 Å². The Bertz CT molecular complexity index is 1220. The van der Waals surface area contributed by atoms with Crippen molar-refractivity contribution >= 4 is 5.91 Å². The zero-order chi connectivity index (χ0) is 51.4. The van der Waals surface area contributed by atoms with Crippen LogP contribution >= 0.6 is 0 Å². The second kappa shape index (κ2) is 41.2. The molecule has 0 aromatic carbocycles. The maximum absolute atomic E-state index is 13.4. The molecule has 0 spiro atoms. The lowest BCUT2D eigenvalue weighted by Gasteiger charge is -2.43. The van der Waals surface area contributed by atoms with E-state index in [1.807, 2.05) is 0 Å². The number of hydrogen-bond donors (Lipinski definition) is 11. The fraction of sp³-hybridized carbons (Fsp3) is 0.981. The van der Waals surface area contributed by atoms with E-state index in [-0.39, 0.29) is 12.8 Å². The number of nitrogens with one attached hydrogen (secondary N) is 1. The summed E-state index contributed by atoms with van der Waals surface area (Å²) >= 11 is 0. The summed E-state index contributed by atoms with van der Waals surface area (Å²) in [5.41, 5.74) is 0. The quantitative estimate of drug-likeness (QED) is 0.0291. The minimum Gasteiger partial charge on any atom is -0.394 e. The number of hydrogen-bond acceptors (Lipinski definition) is 15. The maximum Gasteiger partial charge on any atom is 0.249 e. The van der Waals surface area contributed by atoms with E-state index >= 15 is 0 Å². The van der Waals surface area contributed by atoms with Crippen LogP contribution in [-0.2, 0) is 23.7 Å². The predicted octanol–water partition coefficient (Wildman–Crippen LogP) is 6.50. The van der Waals surface area contributed by atoms with Crippen LogP contribution in [0.15, 0.2) is 0 Å². The van der Waals surface area contributed by atoms with E-state index < -0.39 is 111 Å². The standard InChI is InChI=1S/C54H105NO15/c1-3-5-7-9-11-13-15-17-19-20-22-24-26-28-30-32-34-36-42(59)52(66)55-40(45(61)41(58)35-33-31-29-27-25-23-21-18-16-14-12-10-8-6-4-2)39-67-53-49(65)51(46(62)44(38-57)68-53)70-54-48(64)47(63)50(69-54)43(60)37-56/h40-51,53-54,56-65H,3-39H2,1-2H3,(H,55,66). The highest BCUT2D eigenvalue weighted by molar-refractivity contribution is 5.80. The highest BCUT2D eigenvalue weighted by Crippen LogP contribution is 2.31. The van der Waals surface area contributed by atoms with Gasteiger partial charge in [-0.05, 0) is 12.8 Å². The number of unbranched alkanes of at least 4 members (excludes halogenated alkanes) is 30. The Balaban J connectivity index is 1.88. The van der Waals surface area contributed by atoms with E-state index in [0.717, 1.165) is 44.9 Å². The molecule has 0 aliphatic carbocycles. The van der Waals surface area contributed by atoms with Gasteiger partial charge in [0.1, 0.15) is 61.0 Å². The monoisotopic (exact) mass is 1010 g/mol. The lowest BCUT2D eigenvalue weighted by Crippen LogP contribution is -2.62. The SMILES string of the molecule is CCCCCCCCCCCCCCCCCCCC(O)C(=O)NC(COC1OC(CO)C(O)C(OC2OC(C(O)CO)C(O)C2O)C1O)C(O)C(O)CCCCCCCCCCCCCCCCC. The third-order valence-corrected chi connectivity index (χ3v) is 14.5. The summed E-state index contributed by atoms with van der Waals surface area (Å²) in [6.45, 7) is 2.40. The van der Waals surface area contributed by atoms with Crippen molar-refractivity contribution in [2.24, 2.45) is 0 Å². The van der Waals surface area contributed by atoms with E-state index in [1.165, 1.54) is 148 Å². The number of amides is 1. The molecule has 14 atom stereocenters. The van der Waals surface area contributed by atoms with Gasteiger partial charge in [-0.1, -0.05) is 219 Å². The van der Waals surface area contributed by atoms with E-state index in [2.05, 4.69) is 19.2 Å². The van der Waals surface area contributed by atoms with E-state index in [9.17, 15) is 55.9 Å². The van der Waals surface area contributed by atoms with Crippen molar-refractivity contribution < 1.29 is 74.8 Å². The van der Waals surface area contributed by atoms with Crippen LogP contribution in [0.3, 0.4) is 0 Å². The minimum atomic E-state index is -1.82. The van der Waals surface area contributed by atoms with Gasteiger partial charge < -0.3 is 75.3 Å². The number of aliphatic hydroxyl groups excluding tert-OH is 10. The van der Waals surface area contributed by atoms with E-state index in [0.29, 0.717) is 12.8 Å². The Morgan fingerprint density at radius 1 is 0.514 bits per heavy atom. The molecule has 2 aliphatic rings. The molecule has 2 aliphatic heterocycles. The molecule has 16 heteroatoms. The smallest absolute Gasteiger partial charge is 0.249 e. The van der Waals surface area contributed by atoms with Crippen LogP contribution in [-0.4, -0.2) is 163 Å². The molecule has 0 radical (unpaired) electrons. The summed E-state index contributed by atoms with van der Waals surface area (Å²) < 4.78 is 22.6. The molecule has 2 fully saturated rings. The Kier molecular flexibility index (Phi) is 38.3. The van der Waals surface area contributed by atoms with Gasteiger partial charge in [0.05, 0.1) is 32.0 Å². The molecule has 2 rings (SSSR count). The number of aliphatic hydroxyl groups is 10. The Morgan fingerprint density at radius 3 is 1.34 bits per heavy atom. The van der Waals surface area contributed by atoms with Crippen molar-refractivity contribution in [3.8, 4) is 0 Å². The maximum atomic E-state index is 13.4. The fourth-order valence-electron chi connectivity index (χ4n) is 9.77. The first-order chi connectivity index (χ1) is 33.9. The van der Waals surface area contributed by atoms with Gasteiger partial charge in [0.15, 0.2) is 12.6 Å². The molecule has 0 bridgehead atoms. The number of carbonyl (C=O) groups excluding carboxylic acids is 1. The summed E-state index contributed by atoms with van der Waals surface area (Å²) in [4.78, 5) is 13.4. The third kappa shape index (κ3) is 26.9. The third-order valence-electron chi connectivity index (χ3n) is 14.5. The molecule has 1 amide bonds. The molecule has 0 aromatic heterocycles. The predicted molar refractivity (Wildman–Crippen MR) is 271 cm³/mol. The van der Waals surface area contributed by atoms with Gasteiger partial charge in [0.2, 0.25) is 5.91 Å². The van der Waals surface area contributed by atoms with Crippen LogP contribution in [0.5, 0.6) is 0 Å². The fourth-order valence-corrected chi connectivity index (χ4v) is 9.77. The van der Waals surface area contributed by atoms with E-state index in [4.69, 9.17) is 18.9 Å². The Hall–Kier alpha value is -1.09. The summed E-state index contributed by atoms with van der Waals surface area (Å²) in [5, 5.41) is 109. The summed E-state index contributed by atoms with van der Waals surface area (Å²) in [6.07, 6.45) is 18.3. The highest BCUT2D eigenvalue weighted by Gasteiger charge is 2.52. The van der Waals surface area contributed by atoms with Gasteiger partial charge in [0, 0.05) is 0 Å². The second-order valence-electron chi connectivity index (χ2n) is 20.7. The van der Waals surface area contributed by atoms with Gasteiger partial charge in [0.25, 0.3) is 0 Å². The van der Waals surface area contributed by atoms with Crippen LogP contribution in [0, 0.1) is 0 Å². The highest BCUT2D eigenvalue weighted by atomic mass is 16.7. The average Bonchev–Trinajstić information content (AvgIpc) is 3.64. The normalized spacial score (nSPS) is 26.0. The molecule has 14 unspecified atom stereocenters. The molecular weight excluding hydrogens is 903 g/mol. The first-order valence-corrected chi connectivity index (χ1v) is 28.5. The molecule has 0 saturated carbocycles. The van der Waals surface area contributed by atoms with Crippen molar-refractivity contribution in [3.05, 3.63) is 0 Å². The average molecular weight is 1010 g/mol. The van der Waals surface area contributed by atoms with Gasteiger partial charge in [-0.25, -0.2) is 0 Å². The largest absolute Gasteiger partial charge is 0.394 e. The lowest BCUT2D eigenvalue weighted by molar-refractivity contribution is -0.332. The molecular formula is C54H105NO15. The minimum absolute atomic E-state index is 0.204. The van der Waals surface area contributed by atoms with Gasteiger partial charge in [-0.3, -0.25) is 4.79 Å². The molecule has 2 saturated heterocycles. The summed E-state index contributed by atoms with van der Waals surface area (Å²) in [5.74, 6) is -0.760. The molecule has 16 nitrogen and oxygen atoms in total. The van der Waals surface area contributed by atoms with Crippen molar-refractivity contribution in [1.82, 2.24) is 5.32 Å². The number of rotatable bonds is 46. The first-order valence-electron chi connectivity index (χ1n) is 28.5.